The summed E-state index contributed by atoms with van der Waals surface area (Å²) in [6.07, 6.45) is -3.02. The Balaban J connectivity index is 0.000000745. The summed E-state index contributed by atoms with van der Waals surface area (Å²) in [4.78, 5) is 50.1. The van der Waals surface area contributed by atoms with Crippen molar-refractivity contribution in [3.05, 3.63) is 94.4 Å². The van der Waals surface area contributed by atoms with E-state index < -0.39 is 35.6 Å². The largest absolute Gasteiger partial charge is 0.490 e. The molecular formula is C27H28F3N5O6. The lowest BCUT2D eigenvalue weighted by Crippen LogP contribution is -2.43. The molecule has 1 aromatic heterocycles. The Morgan fingerprint density at radius 3 is 2.15 bits per heavy atom. The molecule has 0 radical (unpaired) electrons. The van der Waals surface area contributed by atoms with E-state index in [-0.39, 0.29) is 31.0 Å². The first kappa shape index (κ1) is 32.1. The third-order valence-electron chi connectivity index (χ3n) is 5.50. The number of alkyl halides is 3. The molecule has 1 atom stereocenters. The second-order valence-corrected chi connectivity index (χ2v) is 8.49. The number of amides is 1. The fourth-order valence-electron chi connectivity index (χ4n) is 3.57. The van der Waals surface area contributed by atoms with Crippen LogP contribution >= 0.6 is 0 Å². The summed E-state index contributed by atoms with van der Waals surface area (Å²) in [5.74, 6) is -4.79. The smallest absolute Gasteiger partial charge is 0.480 e. The quantitative estimate of drug-likeness (QED) is 0.138. The number of carboxylic acids is 2. The number of carboxylic acid groups (broad SMARTS) is 2. The fraction of sp³-hybridized carbons (Fsp3) is 0.222. The Bertz CT molecular complexity index is 1440. The highest BCUT2D eigenvalue weighted by molar-refractivity contribution is 5.96. The first-order valence-electron chi connectivity index (χ1n) is 12.0. The minimum Gasteiger partial charge on any atom is -0.480 e. The SMILES string of the molecule is NC(N)=NCCC[C@H](NC(=O)c1cccn(Cc2ccccc2-c2ccccc2)c1=O)C(=O)O.O=C(O)C(F)(F)F. The number of nitrogens with one attached hydrogen (secondary N) is 1. The van der Waals surface area contributed by atoms with E-state index in [0.29, 0.717) is 6.42 Å². The summed E-state index contributed by atoms with van der Waals surface area (Å²) in [5, 5.41) is 19.0. The van der Waals surface area contributed by atoms with Gasteiger partial charge in [0.15, 0.2) is 5.96 Å². The van der Waals surface area contributed by atoms with Gasteiger partial charge in [-0.15, -0.1) is 0 Å². The second kappa shape index (κ2) is 14.9. The van der Waals surface area contributed by atoms with Crippen LogP contribution in [0.2, 0.25) is 0 Å². The van der Waals surface area contributed by atoms with Gasteiger partial charge in [0.2, 0.25) is 0 Å². The van der Waals surface area contributed by atoms with Crippen LogP contribution in [-0.4, -0.2) is 57.3 Å². The molecule has 3 rings (SSSR count). The molecule has 218 valence electrons. The third-order valence-corrected chi connectivity index (χ3v) is 5.50. The lowest BCUT2D eigenvalue weighted by Gasteiger charge is -2.15. The second-order valence-electron chi connectivity index (χ2n) is 8.49. The minimum absolute atomic E-state index is 0.0883. The van der Waals surface area contributed by atoms with Crippen LogP contribution in [0.25, 0.3) is 11.1 Å². The Morgan fingerprint density at radius 1 is 0.951 bits per heavy atom. The van der Waals surface area contributed by atoms with Gasteiger partial charge in [-0.3, -0.25) is 14.6 Å². The summed E-state index contributed by atoms with van der Waals surface area (Å²) in [6.45, 7) is 0.493. The third kappa shape index (κ3) is 10.2. The molecule has 1 amide bonds. The molecule has 7 N–H and O–H groups in total. The maximum atomic E-state index is 13.1. The number of guanidine groups is 1. The summed E-state index contributed by atoms with van der Waals surface area (Å²) < 4.78 is 33.2. The highest BCUT2D eigenvalue weighted by Crippen LogP contribution is 2.23. The molecule has 2 aromatic carbocycles. The molecule has 0 bridgehead atoms. The normalized spacial score (nSPS) is 11.4. The van der Waals surface area contributed by atoms with Crippen LogP contribution in [0.1, 0.15) is 28.8 Å². The predicted octanol–water partition coefficient (Wildman–Crippen LogP) is 2.43. The molecule has 0 fully saturated rings. The van der Waals surface area contributed by atoms with E-state index in [1.165, 1.54) is 10.6 Å². The first-order chi connectivity index (χ1) is 19.3. The van der Waals surface area contributed by atoms with Gasteiger partial charge in [-0.05, 0) is 41.7 Å². The molecule has 14 heteroatoms. The molecule has 0 aliphatic heterocycles. The minimum atomic E-state index is -5.08. The van der Waals surface area contributed by atoms with E-state index in [9.17, 15) is 32.7 Å². The average Bonchev–Trinajstić information content (AvgIpc) is 2.91. The zero-order chi connectivity index (χ0) is 30.6. The number of pyridine rings is 1. The standard InChI is InChI=1S/C25H27N5O4.C2HF3O2/c26-25(27)28-14-6-13-21(24(33)34)29-22(31)20-12-7-15-30(23(20)32)16-18-10-4-5-11-19(18)17-8-2-1-3-9-17;3-2(4,5)1(6)7/h1-5,7-12,15,21H,6,13-14,16H2,(H,29,31)(H,33,34)(H4,26,27,28);(H,6,7)/t21-;/m0./s1. The fourth-order valence-corrected chi connectivity index (χ4v) is 3.57. The number of aromatic nitrogens is 1. The molecular weight excluding hydrogens is 547 g/mol. The van der Waals surface area contributed by atoms with Gasteiger partial charge < -0.3 is 31.6 Å². The van der Waals surface area contributed by atoms with E-state index in [1.807, 2.05) is 54.6 Å². The molecule has 3 aromatic rings. The van der Waals surface area contributed by atoms with Crippen molar-refractivity contribution in [1.29, 1.82) is 0 Å². The molecule has 0 spiro atoms. The van der Waals surface area contributed by atoms with Crippen molar-refractivity contribution in [3.63, 3.8) is 0 Å². The van der Waals surface area contributed by atoms with Gasteiger partial charge in [0.05, 0.1) is 6.54 Å². The number of benzene rings is 2. The van der Waals surface area contributed by atoms with E-state index in [4.69, 9.17) is 21.4 Å². The number of hydrogen-bond acceptors (Lipinski definition) is 5. The number of aliphatic carboxylic acids is 2. The maximum Gasteiger partial charge on any atom is 0.490 e. The van der Waals surface area contributed by atoms with Crippen molar-refractivity contribution < 1.29 is 37.8 Å². The first-order valence-corrected chi connectivity index (χ1v) is 12.0. The van der Waals surface area contributed by atoms with Crippen LogP contribution in [0.15, 0.2) is 82.7 Å². The maximum absolute atomic E-state index is 13.1. The van der Waals surface area contributed by atoms with Crippen LogP contribution in [-0.2, 0) is 16.1 Å². The average molecular weight is 576 g/mol. The number of aliphatic imine (C=N–C) groups is 1. The highest BCUT2D eigenvalue weighted by Gasteiger charge is 2.38. The molecule has 0 aliphatic rings. The number of nitrogens with zero attached hydrogens (tertiary/aromatic N) is 2. The Labute approximate surface area is 231 Å². The van der Waals surface area contributed by atoms with Gasteiger partial charge in [0.25, 0.3) is 11.5 Å². The van der Waals surface area contributed by atoms with E-state index in [2.05, 4.69) is 10.3 Å². The number of carbonyl (C=O) groups excluding carboxylic acids is 1. The van der Waals surface area contributed by atoms with Crippen LogP contribution < -0.4 is 22.3 Å². The number of carbonyl (C=O) groups is 3. The van der Waals surface area contributed by atoms with Crippen LogP contribution in [0.4, 0.5) is 13.2 Å². The Morgan fingerprint density at radius 2 is 1.56 bits per heavy atom. The number of rotatable bonds is 10. The van der Waals surface area contributed by atoms with Crippen molar-refractivity contribution in [3.8, 4) is 11.1 Å². The summed E-state index contributed by atoms with van der Waals surface area (Å²) in [6, 6.07) is 19.3. The molecule has 0 aliphatic carbocycles. The zero-order valence-electron chi connectivity index (χ0n) is 21.5. The molecule has 1 heterocycles. The Kier molecular flexibility index (Phi) is 11.6. The zero-order valence-corrected chi connectivity index (χ0v) is 21.5. The van der Waals surface area contributed by atoms with E-state index in [1.54, 1.807) is 12.3 Å². The van der Waals surface area contributed by atoms with Crippen LogP contribution in [0.3, 0.4) is 0 Å². The number of nitrogens with two attached hydrogens (primary N) is 2. The van der Waals surface area contributed by atoms with E-state index >= 15 is 0 Å². The summed E-state index contributed by atoms with van der Waals surface area (Å²) in [5.41, 5.74) is 12.8. The molecule has 11 nitrogen and oxygen atoms in total. The van der Waals surface area contributed by atoms with Gasteiger partial charge in [0.1, 0.15) is 11.6 Å². The highest BCUT2D eigenvalue weighted by atomic mass is 19.4. The van der Waals surface area contributed by atoms with Crippen molar-refractivity contribution in [2.24, 2.45) is 16.5 Å². The molecule has 0 unspecified atom stereocenters. The van der Waals surface area contributed by atoms with Crippen molar-refractivity contribution in [2.45, 2.75) is 31.6 Å². The van der Waals surface area contributed by atoms with Crippen molar-refractivity contribution in [2.75, 3.05) is 6.54 Å². The lowest BCUT2D eigenvalue weighted by atomic mass is 9.99. The number of halogens is 3. The monoisotopic (exact) mass is 575 g/mol. The molecule has 0 saturated carbocycles. The van der Waals surface area contributed by atoms with Gasteiger partial charge in [-0.2, -0.15) is 13.2 Å². The Hall–Kier alpha value is -5.14. The molecule has 0 saturated heterocycles. The number of hydrogen-bond donors (Lipinski definition) is 5. The van der Waals surface area contributed by atoms with Gasteiger partial charge >= 0.3 is 18.1 Å². The van der Waals surface area contributed by atoms with Gasteiger partial charge in [-0.25, -0.2) is 9.59 Å². The predicted molar refractivity (Wildman–Crippen MR) is 144 cm³/mol. The lowest BCUT2D eigenvalue weighted by molar-refractivity contribution is -0.192. The van der Waals surface area contributed by atoms with Gasteiger partial charge in [-0.1, -0.05) is 54.6 Å². The van der Waals surface area contributed by atoms with Crippen LogP contribution in [0.5, 0.6) is 0 Å². The van der Waals surface area contributed by atoms with Crippen molar-refractivity contribution in [1.82, 2.24) is 9.88 Å². The molecule has 41 heavy (non-hydrogen) atoms. The summed E-state index contributed by atoms with van der Waals surface area (Å²) in [7, 11) is 0. The summed E-state index contributed by atoms with van der Waals surface area (Å²) >= 11 is 0. The topological polar surface area (TPSA) is 190 Å². The van der Waals surface area contributed by atoms with Gasteiger partial charge in [0, 0.05) is 12.7 Å². The van der Waals surface area contributed by atoms with Crippen molar-refractivity contribution >= 4 is 23.8 Å². The van der Waals surface area contributed by atoms with Crippen LogP contribution in [0, 0.1) is 0 Å². The van der Waals surface area contributed by atoms with E-state index in [0.717, 1.165) is 16.7 Å².